The quantitative estimate of drug-likeness (QED) is 0.880. The molecular formula is C17H21FN2O3. The van der Waals surface area contributed by atoms with Crippen LogP contribution in [0, 0.1) is 11.7 Å². The highest BCUT2D eigenvalue weighted by Gasteiger charge is 2.29. The first kappa shape index (κ1) is 15.8. The van der Waals surface area contributed by atoms with Gasteiger partial charge in [0.05, 0.1) is 12.0 Å². The van der Waals surface area contributed by atoms with Crippen molar-refractivity contribution in [2.24, 2.45) is 5.92 Å². The molecule has 1 aromatic rings. The lowest BCUT2D eigenvalue weighted by molar-refractivity contribution is -0.143. The van der Waals surface area contributed by atoms with E-state index in [1.165, 1.54) is 12.1 Å². The number of likely N-dealkylation sites (tertiary alicyclic amines) is 1. The Kier molecular flexibility index (Phi) is 4.50. The van der Waals surface area contributed by atoms with E-state index in [0.717, 1.165) is 30.4 Å². The van der Waals surface area contributed by atoms with Gasteiger partial charge in [-0.15, -0.1) is 0 Å². The lowest BCUT2D eigenvalue weighted by Crippen LogP contribution is -2.46. The molecule has 0 aromatic heterocycles. The van der Waals surface area contributed by atoms with Crippen molar-refractivity contribution in [3.63, 3.8) is 0 Å². The molecule has 0 spiro atoms. The molecule has 2 N–H and O–H groups in total. The molecule has 1 aliphatic carbocycles. The van der Waals surface area contributed by atoms with Crippen molar-refractivity contribution >= 4 is 12.0 Å². The fraction of sp³-hybridized carbons (Fsp3) is 0.529. The van der Waals surface area contributed by atoms with Gasteiger partial charge >= 0.3 is 12.0 Å². The average molecular weight is 320 g/mol. The number of carbonyl (C=O) groups excluding carboxylic acids is 1. The number of urea groups is 1. The minimum Gasteiger partial charge on any atom is -0.481 e. The number of fused-ring (bicyclic) bond motifs is 1. The third-order valence-corrected chi connectivity index (χ3v) is 4.85. The Morgan fingerprint density at radius 2 is 1.96 bits per heavy atom. The van der Waals surface area contributed by atoms with Crippen LogP contribution in [0.15, 0.2) is 18.2 Å². The molecule has 5 nitrogen and oxygen atoms in total. The highest BCUT2D eigenvalue weighted by Crippen LogP contribution is 2.30. The van der Waals surface area contributed by atoms with Crippen molar-refractivity contribution < 1.29 is 19.1 Å². The number of halogens is 1. The Bertz CT molecular complexity index is 612. The van der Waals surface area contributed by atoms with Crippen molar-refractivity contribution in [3.05, 3.63) is 35.1 Å². The zero-order valence-electron chi connectivity index (χ0n) is 12.9. The molecule has 0 unspecified atom stereocenters. The van der Waals surface area contributed by atoms with Crippen molar-refractivity contribution in [1.82, 2.24) is 10.2 Å². The van der Waals surface area contributed by atoms with Crippen LogP contribution in [-0.2, 0) is 11.2 Å². The van der Waals surface area contributed by atoms with Gasteiger partial charge in [-0.3, -0.25) is 4.79 Å². The van der Waals surface area contributed by atoms with Gasteiger partial charge in [0.15, 0.2) is 0 Å². The number of amides is 2. The number of aliphatic carboxylic acids is 1. The fourth-order valence-corrected chi connectivity index (χ4v) is 3.49. The van der Waals surface area contributed by atoms with E-state index < -0.39 is 5.97 Å². The zero-order valence-corrected chi connectivity index (χ0v) is 12.9. The second kappa shape index (κ2) is 6.56. The molecule has 1 aliphatic heterocycles. The van der Waals surface area contributed by atoms with Crippen molar-refractivity contribution in [3.8, 4) is 0 Å². The molecule has 23 heavy (non-hydrogen) atoms. The topological polar surface area (TPSA) is 69.6 Å². The van der Waals surface area contributed by atoms with E-state index in [1.807, 2.05) is 0 Å². The number of hydrogen-bond donors (Lipinski definition) is 2. The van der Waals surface area contributed by atoms with Crippen LogP contribution in [-0.4, -0.2) is 35.1 Å². The standard InChI is InChI=1S/C17H21FN2O3/c18-13-5-4-11-2-1-3-15(14(11)10-13)19-17(23)20-8-6-12(7-9-20)16(21)22/h4-5,10,12,15H,1-3,6-9H2,(H,19,23)(H,21,22)/t15-/m1/s1. The highest BCUT2D eigenvalue weighted by molar-refractivity contribution is 5.76. The second-order valence-electron chi connectivity index (χ2n) is 6.34. The Labute approximate surface area is 134 Å². The molecule has 1 atom stereocenters. The molecule has 1 aromatic carbocycles. The maximum absolute atomic E-state index is 13.5. The van der Waals surface area contributed by atoms with Gasteiger partial charge in [0.1, 0.15) is 5.82 Å². The van der Waals surface area contributed by atoms with Crippen molar-refractivity contribution in [2.45, 2.75) is 38.1 Å². The molecular weight excluding hydrogens is 299 g/mol. The summed E-state index contributed by atoms with van der Waals surface area (Å²) in [6, 6.07) is 4.41. The van der Waals surface area contributed by atoms with E-state index in [1.54, 1.807) is 11.0 Å². The summed E-state index contributed by atoms with van der Waals surface area (Å²) in [5, 5.41) is 12.0. The highest BCUT2D eigenvalue weighted by atomic mass is 19.1. The van der Waals surface area contributed by atoms with E-state index in [2.05, 4.69) is 5.32 Å². The van der Waals surface area contributed by atoms with E-state index in [0.29, 0.717) is 25.9 Å². The van der Waals surface area contributed by atoms with Crippen LogP contribution in [0.5, 0.6) is 0 Å². The molecule has 1 fully saturated rings. The monoisotopic (exact) mass is 320 g/mol. The molecule has 0 bridgehead atoms. The Balaban J connectivity index is 1.63. The van der Waals surface area contributed by atoms with Crippen LogP contribution >= 0.6 is 0 Å². The predicted molar refractivity (Wildman–Crippen MR) is 82.5 cm³/mol. The molecule has 0 radical (unpaired) electrons. The van der Waals surface area contributed by atoms with Crippen LogP contribution in [0.2, 0.25) is 0 Å². The van der Waals surface area contributed by atoms with Gasteiger partial charge in [0, 0.05) is 13.1 Å². The number of carbonyl (C=O) groups is 2. The van der Waals surface area contributed by atoms with Gasteiger partial charge in [-0.1, -0.05) is 6.07 Å². The Hall–Kier alpha value is -2.11. The second-order valence-corrected chi connectivity index (χ2v) is 6.34. The molecule has 0 saturated carbocycles. The Morgan fingerprint density at radius 3 is 2.65 bits per heavy atom. The molecule has 1 heterocycles. The van der Waals surface area contributed by atoms with Crippen molar-refractivity contribution in [2.75, 3.05) is 13.1 Å². The largest absolute Gasteiger partial charge is 0.481 e. The first-order valence-electron chi connectivity index (χ1n) is 8.11. The third-order valence-electron chi connectivity index (χ3n) is 4.85. The van der Waals surface area contributed by atoms with Crippen LogP contribution in [0.1, 0.15) is 42.9 Å². The number of piperidine rings is 1. The number of rotatable bonds is 2. The summed E-state index contributed by atoms with van der Waals surface area (Å²) < 4.78 is 13.5. The number of benzene rings is 1. The van der Waals surface area contributed by atoms with Gasteiger partial charge in [0.25, 0.3) is 0 Å². The van der Waals surface area contributed by atoms with E-state index >= 15 is 0 Å². The summed E-state index contributed by atoms with van der Waals surface area (Å²) in [5.41, 5.74) is 1.96. The maximum Gasteiger partial charge on any atom is 0.317 e. The van der Waals surface area contributed by atoms with Crippen LogP contribution in [0.25, 0.3) is 0 Å². The summed E-state index contributed by atoms with van der Waals surface area (Å²) in [4.78, 5) is 25.0. The SMILES string of the molecule is O=C(O)C1CCN(C(=O)N[C@@H]2CCCc3ccc(F)cc32)CC1. The van der Waals surface area contributed by atoms with Gasteiger partial charge in [-0.05, 0) is 55.4 Å². The van der Waals surface area contributed by atoms with E-state index in [9.17, 15) is 14.0 Å². The van der Waals surface area contributed by atoms with Gasteiger partial charge in [0.2, 0.25) is 0 Å². The Morgan fingerprint density at radius 1 is 1.22 bits per heavy atom. The summed E-state index contributed by atoms with van der Waals surface area (Å²) in [6.45, 7) is 0.900. The van der Waals surface area contributed by atoms with E-state index in [4.69, 9.17) is 5.11 Å². The average Bonchev–Trinajstić information content (AvgIpc) is 2.55. The number of hydrogen-bond acceptors (Lipinski definition) is 2. The van der Waals surface area contributed by atoms with Gasteiger partial charge < -0.3 is 15.3 Å². The van der Waals surface area contributed by atoms with Crippen LogP contribution in [0.4, 0.5) is 9.18 Å². The number of carboxylic acids is 1. The van der Waals surface area contributed by atoms with Gasteiger partial charge in [-0.2, -0.15) is 0 Å². The van der Waals surface area contributed by atoms with E-state index in [-0.39, 0.29) is 23.8 Å². The zero-order chi connectivity index (χ0) is 16.4. The normalized spacial score (nSPS) is 21.6. The molecule has 6 heteroatoms. The maximum atomic E-state index is 13.5. The molecule has 2 amide bonds. The third kappa shape index (κ3) is 3.46. The van der Waals surface area contributed by atoms with Crippen LogP contribution < -0.4 is 5.32 Å². The lowest BCUT2D eigenvalue weighted by Gasteiger charge is -2.33. The number of nitrogens with one attached hydrogen (secondary N) is 1. The minimum absolute atomic E-state index is 0.167. The lowest BCUT2D eigenvalue weighted by atomic mass is 9.87. The summed E-state index contributed by atoms with van der Waals surface area (Å²) in [5.74, 6) is -1.43. The van der Waals surface area contributed by atoms with Crippen molar-refractivity contribution in [1.29, 1.82) is 0 Å². The summed E-state index contributed by atoms with van der Waals surface area (Å²) in [7, 11) is 0. The molecule has 3 rings (SSSR count). The fourth-order valence-electron chi connectivity index (χ4n) is 3.49. The molecule has 1 saturated heterocycles. The predicted octanol–water partition coefficient (Wildman–Crippen LogP) is 2.71. The number of nitrogens with zero attached hydrogens (tertiary/aromatic N) is 1. The van der Waals surface area contributed by atoms with Crippen LogP contribution in [0.3, 0.4) is 0 Å². The first-order valence-corrected chi connectivity index (χ1v) is 8.11. The molecule has 2 aliphatic rings. The minimum atomic E-state index is -0.790. The first-order chi connectivity index (χ1) is 11.0. The van der Waals surface area contributed by atoms with Gasteiger partial charge in [-0.25, -0.2) is 9.18 Å². The molecule has 124 valence electrons. The number of aryl methyl sites for hydroxylation is 1. The number of carboxylic acid groups (broad SMARTS) is 1. The smallest absolute Gasteiger partial charge is 0.317 e. The summed E-state index contributed by atoms with van der Waals surface area (Å²) >= 11 is 0. The summed E-state index contributed by atoms with van der Waals surface area (Å²) in [6.07, 6.45) is 3.64.